The normalized spacial score (nSPS) is 12.1. The Hall–Kier alpha value is -2.97. The second-order valence-electron chi connectivity index (χ2n) is 8.55. The van der Waals surface area contributed by atoms with Gasteiger partial charge >= 0.3 is 5.97 Å². The number of esters is 1. The maximum atomic E-state index is 12.1. The molecule has 0 bridgehead atoms. The van der Waals surface area contributed by atoms with E-state index in [1.165, 1.54) is 15.9 Å². The van der Waals surface area contributed by atoms with Crippen LogP contribution in [0.4, 0.5) is 0 Å². The first kappa shape index (κ1) is 25.6. The van der Waals surface area contributed by atoms with Crippen molar-refractivity contribution in [3.05, 3.63) is 91.0 Å². The van der Waals surface area contributed by atoms with Crippen molar-refractivity contribution in [2.75, 3.05) is 19.8 Å². The largest absolute Gasteiger partial charge is 0.465 e. The van der Waals surface area contributed by atoms with Gasteiger partial charge in [-0.1, -0.05) is 61.5 Å². The zero-order chi connectivity index (χ0) is 24.2. The van der Waals surface area contributed by atoms with Gasteiger partial charge in [-0.25, -0.2) is 0 Å². The molecule has 1 N–H and O–H groups in total. The first-order chi connectivity index (χ1) is 16.6. The average molecular weight is 477 g/mol. The van der Waals surface area contributed by atoms with Crippen LogP contribution >= 0.6 is 7.26 Å². The standard InChI is InChI=1S/C29H34NO3P/c1-24(29(32)30-2)23-33-28(31)21-13-6-14-22-34(25-15-7-3-8-16-25,26-17-9-4-10-18-26)27-19-11-5-12-20-27/h3-5,7-12,15-20,24H,6,13-14,21-23H2,1-2H3/p+1. The molecule has 3 rings (SSSR count). The molecule has 0 aliphatic rings. The summed E-state index contributed by atoms with van der Waals surface area (Å²) in [5, 5.41) is 6.73. The molecule has 0 aliphatic carbocycles. The van der Waals surface area contributed by atoms with Gasteiger partial charge in [-0.15, -0.1) is 0 Å². The second-order valence-corrected chi connectivity index (χ2v) is 12.2. The summed E-state index contributed by atoms with van der Waals surface area (Å²) in [6, 6.07) is 32.6. The van der Waals surface area contributed by atoms with E-state index in [2.05, 4.69) is 96.3 Å². The molecule has 1 amide bonds. The van der Waals surface area contributed by atoms with Crippen molar-refractivity contribution < 1.29 is 14.3 Å². The number of hydrogen-bond donors (Lipinski definition) is 1. The molecule has 1 atom stereocenters. The summed E-state index contributed by atoms with van der Waals surface area (Å²) in [7, 11) is -0.231. The number of unbranched alkanes of at least 4 members (excludes halogenated alkanes) is 2. The quantitative estimate of drug-likeness (QED) is 0.239. The molecule has 178 valence electrons. The van der Waals surface area contributed by atoms with Crippen LogP contribution < -0.4 is 21.2 Å². The van der Waals surface area contributed by atoms with Crippen LogP contribution in [0.15, 0.2) is 91.0 Å². The van der Waals surface area contributed by atoms with Gasteiger partial charge in [-0.2, -0.15) is 0 Å². The average Bonchev–Trinajstić information content (AvgIpc) is 2.90. The summed E-state index contributed by atoms with van der Waals surface area (Å²) in [6.07, 6.45) is 4.19. The van der Waals surface area contributed by atoms with Gasteiger partial charge in [-0.05, 0) is 55.7 Å². The smallest absolute Gasteiger partial charge is 0.305 e. The minimum Gasteiger partial charge on any atom is -0.465 e. The predicted octanol–water partition coefficient (Wildman–Crippen LogP) is 4.47. The lowest BCUT2D eigenvalue weighted by molar-refractivity contribution is -0.146. The number of ether oxygens (including phenoxy) is 1. The summed E-state index contributed by atoms with van der Waals surface area (Å²) < 4.78 is 5.29. The van der Waals surface area contributed by atoms with Crippen LogP contribution in [0.5, 0.6) is 0 Å². The molecule has 0 saturated carbocycles. The van der Waals surface area contributed by atoms with Crippen molar-refractivity contribution in [2.45, 2.75) is 32.6 Å². The Bertz CT molecular complexity index is 928. The van der Waals surface area contributed by atoms with E-state index in [0.717, 1.165) is 25.4 Å². The lowest BCUT2D eigenvalue weighted by Crippen LogP contribution is -2.33. The molecule has 3 aromatic rings. The monoisotopic (exact) mass is 476 g/mol. The van der Waals surface area contributed by atoms with Gasteiger partial charge in [0, 0.05) is 13.5 Å². The highest BCUT2D eigenvalue weighted by molar-refractivity contribution is 7.95. The van der Waals surface area contributed by atoms with Crippen molar-refractivity contribution in [2.24, 2.45) is 5.92 Å². The maximum absolute atomic E-state index is 12.1. The lowest BCUT2D eigenvalue weighted by Gasteiger charge is -2.27. The molecular weight excluding hydrogens is 441 g/mol. The molecule has 34 heavy (non-hydrogen) atoms. The minimum atomic E-state index is -1.82. The van der Waals surface area contributed by atoms with Gasteiger partial charge in [0.25, 0.3) is 0 Å². The van der Waals surface area contributed by atoms with Gasteiger partial charge in [0.1, 0.15) is 29.8 Å². The van der Waals surface area contributed by atoms with E-state index in [1.54, 1.807) is 14.0 Å². The molecule has 0 spiro atoms. The van der Waals surface area contributed by atoms with Crippen molar-refractivity contribution >= 4 is 35.1 Å². The number of carbonyl (C=O) groups excluding carboxylic acids is 2. The maximum Gasteiger partial charge on any atom is 0.305 e. The lowest BCUT2D eigenvalue weighted by atomic mass is 10.2. The number of carbonyl (C=O) groups is 2. The first-order valence-electron chi connectivity index (χ1n) is 12.0. The number of hydrogen-bond acceptors (Lipinski definition) is 3. The van der Waals surface area contributed by atoms with Gasteiger partial charge in [0.15, 0.2) is 0 Å². The van der Waals surface area contributed by atoms with E-state index in [-0.39, 0.29) is 24.4 Å². The Labute approximate surface area is 204 Å². The van der Waals surface area contributed by atoms with E-state index >= 15 is 0 Å². The third kappa shape index (κ3) is 6.55. The van der Waals surface area contributed by atoms with Crippen LogP contribution in [-0.2, 0) is 14.3 Å². The van der Waals surface area contributed by atoms with Crippen LogP contribution in [-0.4, -0.2) is 31.7 Å². The van der Waals surface area contributed by atoms with Gasteiger partial charge in [0.2, 0.25) is 5.91 Å². The molecule has 0 fully saturated rings. The van der Waals surface area contributed by atoms with E-state index < -0.39 is 7.26 Å². The fraction of sp³-hybridized carbons (Fsp3) is 0.310. The molecule has 3 aromatic carbocycles. The van der Waals surface area contributed by atoms with Crippen LogP contribution in [0.1, 0.15) is 32.6 Å². The van der Waals surface area contributed by atoms with Gasteiger partial charge in [-0.3, -0.25) is 9.59 Å². The Kier molecular flexibility index (Phi) is 9.85. The van der Waals surface area contributed by atoms with Crippen molar-refractivity contribution in [3.63, 3.8) is 0 Å². The van der Waals surface area contributed by atoms with Crippen molar-refractivity contribution in [1.82, 2.24) is 5.32 Å². The molecule has 0 radical (unpaired) electrons. The third-order valence-electron chi connectivity index (χ3n) is 6.15. The molecule has 4 nitrogen and oxygen atoms in total. The van der Waals surface area contributed by atoms with E-state index in [9.17, 15) is 9.59 Å². The number of nitrogens with one attached hydrogen (secondary N) is 1. The zero-order valence-electron chi connectivity index (χ0n) is 20.2. The molecule has 1 unspecified atom stereocenters. The third-order valence-corrected chi connectivity index (χ3v) is 10.7. The summed E-state index contributed by atoms with van der Waals surface area (Å²) in [5.41, 5.74) is 0. The van der Waals surface area contributed by atoms with Crippen LogP contribution in [0.3, 0.4) is 0 Å². The SMILES string of the molecule is CNC(=O)C(C)COC(=O)CCCCC[P+](c1ccccc1)(c1ccccc1)c1ccccc1. The van der Waals surface area contributed by atoms with Crippen molar-refractivity contribution in [3.8, 4) is 0 Å². The van der Waals surface area contributed by atoms with E-state index in [4.69, 9.17) is 4.74 Å². The van der Waals surface area contributed by atoms with Gasteiger partial charge in [0.05, 0.1) is 12.1 Å². The Morgan fingerprint density at radius 2 is 1.24 bits per heavy atom. The molecule has 0 heterocycles. The van der Waals surface area contributed by atoms with Gasteiger partial charge < -0.3 is 10.1 Å². The summed E-state index contributed by atoms with van der Waals surface area (Å²) in [6.45, 7) is 1.88. The number of benzene rings is 3. The molecule has 0 aliphatic heterocycles. The molecular formula is C29H35NO3P+. The summed E-state index contributed by atoms with van der Waals surface area (Å²) >= 11 is 0. The summed E-state index contributed by atoms with van der Waals surface area (Å²) in [5.74, 6) is -0.677. The predicted molar refractivity (Wildman–Crippen MR) is 143 cm³/mol. The Morgan fingerprint density at radius 1 is 0.765 bits per heavy atom. The highest BCUT2D eigenvalue weighted by atomic mass is 31.2. The summed E-state index contributed by atoms with van der Waals surface area (Å²) in [4.78, 5) is 23.7. The zero-order valence-corrected chi connectivity index (χ0v) is 21.0. The van der Waals surface area contributed by atoms with Crippen LogP contribution in [0.25, 0.3) is 0 Å². The molecule has 0 saturated heterocycles. The minimum absolute atomic E-state index is 0.115. The highest BCUT2D eigenvalue weighted by Gasteiger charge is 2.44. The Balaban J connectivity index is 1.69. The van der Waals surface area contributed by atoms with Crippen molar-refractivity contribution in [1.29, 1.82) is 0 Å². The number of rotatable bonds is 12. The van der Waals surface area contributed by atoms with E-state index in [1.807, 2.05) is 0 Å². The fourth-order valence-electron chi connectivity index (χ4n) is 4.29. The molecule has 0 aromatic heterocycles. The van der Waals surface area contributed by atoms with E-state index in [0.29, 0.717) is 6.42 Å². The fourth-order valence-corrected chi connectivity index (χ4v) is 8.70. The highest BCUT2D eigenvalue weighted by Crippen LogP contribution is 2.55. The second kappa shape index (κ2) is 13.1. The van der Waals surface area contributed by atoms with Crippen LogP contribution in [0, 0.1) is 5.92 Å². The molecule has 5 heteroatoms. The van der Waals surface area contributed by atoms with Crippen LogP contribution in [0.2, 0.25) is 0 Å². The Morgan fingerprint density at radius 3 is 1.68 bits per heavy atom. The topological polar surface area (TPSA) is 55.4 Å². The first-order valence-corrected chi connectivity index (χ1v) is 14.0. The number of amides is 1.